The van der Waals surface area contributed by atoms with Crippen molar-refractivity contribution in [2.45, 2.75) is 16.0 Å². The lowest BCUT2D eigenvalue weighted by molar-refractivity contribution is -0.219. The first kappa shape index (κ1) is 26.8. The molecule has 9 nitrogen and oxygen atoms in total. The van der Waals surface area contributed by atoms with Crippen molar-refractivity contribution in [1.29, 1.82) is 0 Å². The number of thioether (sulfide) groups is 1. The summed E-state index contributed by atoms with van der Waals surface area (Å²) in [5.74, 6) is 0.570. The fourth-order valence-electron chi connectivity index (χ4n) is 2.78. The molecule has 0 atom stereocenters. The minimum absolute atomic E-state index is 0.141. The van der Waals surface area contributed by atoms with E-state index in [2.05, 4.69) is 31.4 Å². The van der Waals surface area contributed by atoms with Crippen LogP contribution in [0.4, 0.5) is 36.2 Å². The molecule has 3 rings (SSSR count). The summed E-state index contributed by atoms with van der Waals surface area (Å²) in [5.41, 5.74) is 1.64. The highest BCUT2D eigenvalue weighted by Crippen LogP contribution is 2.32. The Kier molecular flexibility index (Phi) is 8.08. The van der Waals surface area contributed by atoms with Gasteiger partial charge in [0.05, 0.1) is 10.6 Å². The van der Waals surface area contributed by atoms with Crippen LogP contribution in [0.3, 0.4) is 0 Å². The standard InChI is InChI=1S/C22H18F3N5O4S2/c1-4-14-6-5-7-15(10-14)28-19-12-20(27-13-26-19)29-17-11-16(8-9-18(17)35-3)36(32,33)30(2)34-21(31)22(23,24)25/h1,5-13H,2-3H3,(H2,26,27,28,29). The Labute approximate surface area is 209 Å². The van der Waals surface area contributed by atoms with Crippen molar-refractivity contribution in [1.82, 2.24) is 14.4 Å². The molecule has 1 aromatic heterocycles. The number of alkyl halides is 3. The average Bonchev–Trinajstić information content (AvgIpc) is 2.83. The van der Waals surface area contributed by atoms with Crippen molar-refractivity contribution in [2.75, 3.05) is 23.9 Å². The highest BCUT2D eigenvalue weighted by molar-refractivity contribution is 7.98. The molecule has 0 aliphatic carbocycles. The minimum Gasteiger partial charge on any atom is -0.345 e. The normalized spacial score (nSPS) is 11.6. The maximum absolute atomic E-state index is 12.7. The van der Waals surface area contributed by atoms with E-state index in [9.17, 15) is 26.4 Å². The number of nitrogens with zero attached hydrogens (tertiary/aromatic N) is 3. The van der Waals surface area contributed by atoms with Gasteiger partial charge < -0.3 is 15.5 Å². The number of hydrogen-bond acceptors (Lipinski definition) is 9. The van der Waals surface area contributed by atoms with Crippen LogP contribution in [0.1, 0.15) is 5.56 Å². The Bertz CT molecular complexity index is 1430. The summed E-state index contributed by atoms with van der Waals surface area (Å²) in [6.07, 6.45) is 3.08. The van der Waals surface area contributed by atoms with Gasteiger partial charge in [-0.1, -0.05) is 12.0 Å². The molecular weight excluding hydrogens is 519 g/mol. The zero-order valence-corrected chi connectivity index (χ0v) is 20.3. The van der Waals surface area contributed by atoms with E-state index in [0.717, 1.165) is 0 Å². The van der Waals surface area contributed by atoms with Crippen LogP contribution < -0.4 is 10.6 Å². The predicted molar refractivity (Wildman–Crippen MR) is 128 cm³/mol. The van der Waals surface area contributed by atoms with Crippen LogP contribution in [0, 0.1) is 12.3 Å². The molecule has 0 aliphatic heterocycles. The van der Waals surface area contributed by atoms with Crippen molar-refractivity contribution < 1.29 is 31.2 Å². The molecule has 0 amide bonds. The molecule has 0 fully saturated rings. The number of nitrogens with one attached hydrogen (secondary N) is 2. The van der Waals surface area contributed by atoms with E-state index in [0.29, 0.717) is 34.8 Å². The van der Waals surface area contributed by atoms with Crippen molar-refractivity contribution >= 4 is 50.8 Å². The quantitative estimate of drug-likeness (QED) is 0.247. The number of carbonyl (C=O) groups is 1. The molecule has 0 saturated heterocycles. The van der Waals surface area contributed by atoms with Gasteiger partial charge in [-0.3, -0.25) is 0 Å². The SMILES string of the molecule is C#Cc1cccc(Nc2cc(Nc3cc(S(=O)(=O)N(C)OC(=O)C(F)(F)F)ccc3SC)ncn2)c1. The predicted octanol–water partition coefficient (Wildman–Crippen LogP) is 4.31. The summed E-state index contributed by atoms with van der Waals surface area (Å²) in [6.45, 7) is 0. The summed E-state index contributed by atoms with van der Waals surface area (Å²) in [6, 6.07) is 12.5. The molecule has 0 radical (unpaired) electrons. The van der Waals surface area contributed by atoms with Gasteiger partial charge in [0.25, 0.3) is 10.0 Å². The van der Waals surface area contributed by atoms with Gasteiger partial charge in [0, 0.05) is 29.3 Å². The molecule has 0 spiro atoms. The van der Waals surface area contributed by atoms with Crippen molar-refractivity contribution in [3.05, 3.63) is 60.4 Å². The third-order valence-corrected chi connectivity index (χ3v) is 6.88. The van der Waals surface area contributed by atoms with Crippen LogP contribution in [0.15, 0.2) is 64.6 Å². The molecule has 0 bridgehead atoms. The molecule has 0 unspecified atom stereocenters. The summed E-state index contributed by atoms with van der Waals surface area (Å²) < 4.78 is 62.7. The maximum Gasteiger partial charge on any atom is 0.492 e. The van der Waals surface area contributed by atoms with Gasteiger partial charge in [0.2, 0.25) is 0 Å². The number of halogens is 3. The van der Waals surface area contributed by atoms with Crippen molar-refractivity contribution in [3.8, 4) is 12.3 Å². The number of benzene rings is 2. The highest BCUT2D eigenvalue weighted by Gasteiger charge is 2.43. The highest BCUT2D eigenvalue weighted by atomic mass is 32.2. The Balaban J connectivity index is 1.86. The Hall–Kier alpha value is -3.80. The molecule has 0 aliphatic rings. The van der Waals surface area contributed by atoms with Crippen LogP contribution in [0.25, 0.3) is 0 Å². The number of rotatable bonds is 8. The van der Waals surface area contributed by atoms with E-state index in [4.69, 9.17) is 6.42 Å². The van der Waals surface area contributed by atoms with Crippen molar-refractivity contribution in [3.63, 3.8) is 0 Å². The number of hydroxylamine groups is 1. The maximum atomic E-state index is 12.7. The number of aromatic nitrogens is 2. The summed E-state index contributed by atoms with van der Waals surface area (Å²) in [5, 5.41) is 6.05. The van der Waals surface area contributed by atoms with Gasteiger partial charge in [0.1, 0.15) is 18.0 Å². The van der Waals surface area contributed by atoms with Gasteiger partial charge in [-0.05, 0) is 47.1 Å². The molecular formula is C22H18F3N5O4S2. The van der Waals surface area contributed by atoms with Crippen LogP contribution in [0.5, 0.6) is 0 Å². The van der Waals surface area contributed by atoms with Gasteiger partial charge in [-0.2, -0.15) is 13.2 Å². The molecule has 14 heteroatoms. The average molecular weight is 538 g/mol. The lowest BCUT2D eigenvalue weighted by atomic mass is 10.2. The molecule has 2 N–H and O–H groups in total. The van der Waals surface area contributed by atoms with Crippen LogP contribution in [-0.4, -0.2) is 48.3 Å². The Morgan fingerprint density at radius 3 is 2.44 bits per heavy atom. The van der Waals surface area contributed by atoms with Crippen LogP contribution >= 0.6 is 11.8 Å². The number of anilines is 4. The lowest BCUT2D eigenvalue weighted by Crippen LogP contribution is -2.36. The zero-order valence-electron chi connectivity index (χ0n) is 18.7. The monoisotopic (exact) mass is 537 g/mol. The molecule has 36 heavy (non-hydrogen) atoms. The van der Waals surface area contributed by atoms with Crippen molar-refractivity contribution in [2.24, 2.45) is 0 Å². The van der Waals surface area contributed by atoms with Crippen LogP contribution in [0.2, 0.25) is 0 Å². The molecule has 3 aromatic rings. The van der Waals surface area contributed by atoms with E-state index in [1.54, 1.807) is 36.6 Å². The summed E-state index contributed by atoms with van der Waals surface area (Å²) in [7, 11) is -3.92. The smallest absolute Gasteiger partial charge is 0.345 e. The summed E-state index contributed by atoms with van der Waals surface area (Å²) >= 11 is 1.28. The van der Waals surface area contributed by atoms with E-state index >= 15 is 0 Å². The number of carbonyl (C=O) groups excluding carboxylic acids is 1. The number of sulfonamides is 1. The molecule has 188 valence electrons. The fraction of sp³-hybridized carbons (Fsp3) is 0.136. The van der Waals surface area contributed by atoms with Crippen LogP contribution in [-0.2, 0) is 19.7 Å². The third-order valence-electron chi connectivity index (χ3n) is 4.48. The number of hydrogen-bond donors (Lipinski definition) is 2. The van der Waals surface area contributed by atoms with E-state index in [-0.39, 0.29) is 10.2 Å². The Morgan fingerprint density at radius 2 is 1.81 bits per heavy atom. The fourth-order valence-corrected chi connectivity index (χ4v) is 4.28. The van der Waals surface area contributed by atoms with E-state index < -0.39 is 27.1 Å². The molecule has 1 heterocycles. The molecule has 2 aromatic carbocycles. The second-order valence-corrected chi connectivity index (χ2v) is 9.70. The second kappa shape index (κ2) is 10.9. The largest absolute Gasteiger partial charge is 0.492 e. The first-order valence-corrected chi connectivity index (χ1v) is 12.5. The first-order chi connectivity index (χ1) is 16.9. The molecule has 0 saturated carbocycles. The minimum atomic E-state index is -5.36. The van der Waals surface area contributed by atoms with Gasteiger partial charge >= 0.3 is 12.1 Å². The topological polar surface area (TPSA) is 114 Å². The first-order valence-electron chi connectivity index (χ1n) is 9.83. The van der Waals surface area contributed by atoms with E-state index in [1.165, 1.54) is 36.3 Å². The van der Waals surface area contributed by atoms with Gasteiger partial charge in [0.15, 0.2) is 0 Å². The second-order valence-electron chi connectivity index (χ2n) is 6.92. The van der Waals surface area contributed by atoms with Gasteiger partial charge in [-0.15, -0.1) is 18.2 Å². The third kappa shape index (κ3) is 6.45. The number of terminal acetylenes is 1. The van der Waals surface area contributed by atoms with Gasteiger partial charge in [-0.25, -0.2) is 23.2 Å². The zero-order chi connectivity index (χ0) is 26.5. The van der Waals surface area contributed by atoms with E-state index in [1.807, 2.05) is 0 Å². The Morgan fingerprint density at radius 1 is 1.11 bits per heavy atom. The lowest BCUT2D eigenvalue weighted by Gasteiger charge is -2.18. The summed E-state index contributed by atoms with van der Waals surface area (Å²) in [4.78, 5) is 23.5.